The van der Waals surface area contributed by atoms with E-state index < -0.39 is 5.92 Å². The molecule has 1 unspecified atom stereocenters. The molecule has 0 aliphatic carbocycles. The lowest BCUT2D eigenvalue weighted by atomic mass is 9.92. The first-order valence-corrected chi connectivity index (χ1v) is 6.51. The average Bonchev–Trinajstić information content (AvgIpc) is 2.42. The maximum Gasteiger partial charge on any atom is 0.221 e. The molecule has 0 spiro atoms. The van der Waals surface area contributed by atoms with Crippen LogP contribution in [0.25, 0.3) is 0 Å². The van der Waals surface area contributed by atoms with Crippen molar-refractivity contribution >= 4 is 23.2 Å². The Morgan fingerprint density at radius 2 is 1.95 bits per heavy atom. The van der Waals surface area contributed by atoms with Crippen molar-refractivity contribution in [2.45, 2.75) is 12.8 Å². The monoisotopic (exact) mass is 284 g/mol. The Kier molecular flexibility index (Phi) is 4.39. The third kappa shape index (κ3) is 3.17. The second-order valence-electron chi connectivity index (χ2n) is 4.39. The van der Waals surface area contributed by atoms with E-state index in [9.17, 15) is 10.1 Å². The summed E-state index contributed by atoms with van der Waals surface area (Å²) < 4.78 is 0. The normalized spacial score (nSPS) is 11.4. The number of nitriles is 1. The fraction of sp³-hybridized carbons (Fsp3) is 0.125. The molecular weight excluding hydrogens is 272 g/mol. The highest BCUT2D eigenvalue weighted by atomic mass is 35.5. The molecule has 0 saturated carbocycles. The van der Waals surface area contributed by atoms with Gasteiger partial charge in [0, 0.05) is 17.6 Å². The number of anilines is 1. The zero-order valence-corrected chi connectivity index (χ0v) is 11.7. The van der Waals surface area contributed by atoms with E-state index in [0.717, 1.165) is 11.1 Å². The minimum Gasteiger partial charge on any atom is -0.326 e. The van der Waals surface area contributed by atoms with Crippen LogP contribution in [0.15, 0.2) is 48.5 Å². The number of rotatable bonds is 3. The van der Waals surface area contributed by atoms with Gasteiger partial charge in [-0.2, -0.15) is 5.26 Å². The number of benzene rings is 2. The third-order valence-corrected chi connectivity index (χ3v) is 3.22. The molecule has 0 fully saturated rings. The van der Waals surface area contributed by atoms with Crippen LogP contribution in [0.3, 0.4) is 0 Å². The number of hydrogen-bond acceptors (Lipinski definition) is 2. The fourth-order valence-corrected chi connectivity index (χ4v) is 2.30. The second kappa shape index (κ2) is 6.23. The van der Waals surface area contributed by atoms with E-state index in [-0.39, 0.29) is 5.91 Å². The van der Waals surface area contributed by atoms with Crippen molar-refractivity contribution in [1.29, 1.82) is 5.26 Å². The molecule has 0 radical (unpaired) electrons. The average molecular weight is 285 g/mol. The summed E-state index contributed by atoms with van der Waals surface area (Å²) in [5.41, 5.74) is 2.25. The van der Waals surface area contributed by atoms with Gasteiger partial charge in [-0.25, -0.2) is 0 Å². The molecule has 2 rings (SSSR count). The Balaban J connectivity index is 2.37. The molecule has 0 aliphatic rings. The lowest BCUT2D eigenvalue weighted by Gasteiger charge is -2.13. The standard InChI is InChI=1S/C16H13ClN2O/c1-11(20)19-13-7-8-14(16(17)9-13)15(10-18)12-5-3-2-4-6-12/h2-9,15H,1H3,(H,19,20). The Labute approximate surface area is 122 Å². The van der Waals surface area contributed by atoms with Crippen LogP contribution in [0.2, 0.25) is 5.02 Å². The number of carbonyl (C=O) groups is 1. The minimum absolute atomic E-state index is 0.159. The van der Waals surface area contributed by atoms with E-state index in [0.29, 0.717) is 10.7 Å². The maximum absolute atomic E-state index is 11.0. The summed E-state index contributed by atoms with van der Waals surface area (Å²) in [6.45, 7) is 1.43. The number of nitrogens with zero attached hydrogens (tertiary/aromatic N) is 1. The van der Waals surface area contributed by atoms with Crippen LogP contribution in [-0.2, 0) is 4.79 Å². The van der Waals surface area contributed by atoms with Gasteiger partial charge in [-0.1, -0.05) is 48.0 Å². The highest BCUT2D eigenvalue weighted by Gasteiger charge is 2.16. The second-order valence-corrected chi connectivity index (χ2v) is 4.80. The predicted octanol–water partition coefficient (Wildman–Crippen LogP) is 3.95. The van der Waals surface area contributed by atoms with Crippen molar-refractivity contribution in [2.24, 2.45) is 0 Å². The van der Waals surface area contributed by atoms with Gasteiger partial charge < -0.3 is 5.32 Å². The summed E-state index contributed by atoms with van der Waals surface area (Å²) >= 11 is 6.23. The van der Waals surface area contributed by atoms with Gasteiger partial charge in [0.2, 0.25) is 5.91 Å². The van der Waals surface area contributed by atoms with Crippen molar-refractivity contribution in [3.63, 3.8) is 0 Å². The summed E-state index contributed by atoms with van der Waals surface area (Å²) in [5, 5.41) is 12.5. The summed E-state index contributed by atoms with van der Waals surface area (Å²) in [6, 6.07) is 16.9. The molecule has 4 heteroatoms. The SMILES string of the molecule is CC(=O)Nc1ccc(C(C#N)c2ccccc2)c(Cl)c1. The van der Waals surface area contributed by atoms with Gasteiger partial charge in [0.1, 0.15) is 0 Å². The summed E-state index contributed by atoms with van der Waals surface area (Å²) in [6.07, 6.45) is 0. The number of nitrogens with one attached hydrogen (secondary N) is 1. The van der Waals surface area contributed by atoms with Gasteiger partial charge in [-0.3, -0.25) is 4.79 Å². The molecule has 1 N–H and O–H groups in total. The zero-order chi connectivity index (χ0) is 14.5. The number of hydrogen-bond donors (Lipinski definition) is 1. The minimum atomic E-state index is -0.421. The van der Waals surface area contributed by atoms with Crippen molar-refractivity contribution in [3.05, 3.63) is 64.7 Å². The first-order valence-electron chi connectivity index (χ1n) is 6.13. The Bertz CT molecular complexity index is 662. The largest absolute Gasteiger partial charge is 0.326 e. The molecule has 3 nitrogen and oxygen atoms in total. The Morgan fingerprint density at radius 1 is 1.25 bits per heavy atom. The fourth-order valence-electron chi connectivity index (χ4n) is 2.01. The smallest absolute Gasteiger partial charge is 0.221 e. The van der Waals surface area contributed by atoms with Crippen molar-refractivity contribution in [3.8, 4) is 6.07 Å². The summed E-state index contributed by atoms with van der Waals surface area (Å²) in [5.74, 6) is -0.580. The van der Waals surface area contributed by atoms with Gasteiger partial charge in [0.25, 0.3) is 0 Å². The van der Waals surface area contributed by atoms with Crippen LogP contribution in [0.1, 0.15) is 24.0 Å². The van der Waals surface area contributed by atoms with Crippen LogP contribution < -0.4 is 5.32 Å². The van der Waals surface area contributed by atoms with E-state index in [1.807, 2.05) is 30.3 Å². The molecule has 0 aliphatic heterocycles. The van der Waals surface area contributed by atoms with E-state index in [2.05, 4.69) is 11.4 Å². The van der Waals surface area contributed by atoms with E-state index in [4.69, 9.17) is 11.6 Å². The van der Waals surface area contributed by atoms with Crippen molar-refractivity contribution in [1.82, 2.24) is 0 Å². The van der Waals surface area contributed by atoms with Crippen LogP contribution in [-0.4, -0.2) is 5.91 Å². The molecular formula is C16H13ClN2O. The first-order chi connectivity index (χ1) is 9.61. The van der Waals surface area contributed by atoms with Crippen molar-refractivity contribution in [2.75, 3.05) is 5.32 Å². The molecule has 0 aromatic heterocycles. The molecule has 2 aromatic rings. The number of carbonyl (C=O) groups excluding carboxylic acids is 1. The lowest BCUT2D eigenvalue weighted by molar-refractivity contribution is -0.114. The lowest BCUT2D eigenvalue weighted by Crippen LogP contribution is -2.06. The Morgan fingerprint density at radius 3 is 2.50 bits per heavy atom. The van der Waals surface area contributed by atoms with Crippen molar-refractivity contribution < 1.29 is 4.79 Å². The molecule has 0 heterocycles. The number of halogens is 1. The van der Waals surface area contributed by atoms with Gasteiger partial charge in [-0.15, -0.1) is 0 Å². The number of amides is 1. The van der Waals surface area contributed by atoms with E-state index in [1.54, 1.807) is 18.2 Å². The zero-order valence-electron chi connectivity index (χ0n) is 10.9. The molecule has 100 valence electrons. The first kappa shape index (κ1) is 14.1. The van der Waals surface area contributed by atoms with Crippen LogP contribution in [0, 0.1) is 11.3 Å². The van der Waals surface area contributed by atoms with Crippen LogP contribution in [0.4, 0.5) is 5.69 Å². The Hall–Kier alpha value is -2.31. The van der Waals surface area contributed by atoms with Gasteiger partial charge in [0.15, 0.2) is 0 Å². The highest BCUT2D eigenvalue weighted by molar-refractivity contribution is 6.31. The molecule has 1 amide bonds. The summed E-state index contributed by atoms with van der Waals surface area (Å²) in [7, 11) is 0. The van der Waals surface area contributed by atoms with E-state index in [1.165, 1.54) is 6.92 Å². The van der Waals surface area contributed by atoms with Gasteiger partial charge >= 0.3 is 0 Å². The molecule has 0 bridgehead atoms. The van der Waals surface area contributed by atoms with Gasteiger partial charge in [-0.05, 0) is 23.3 Å². The maximum atomic E-state index is 11.0. The van der Waals surface area contributed by atoms with Crippen LogP contribution >= 0.6 is 11.6 Å². The van der Waals surface area contributed by atoms with E-state index >= 15 is 0 Å². The summed E-state index contributed by atoms with van der Waals surface area (Å²) in [4.78, 5) is 11.0. The topological polar surface area (TPSA) is 52.9 Å². The third-order valence-electron chi connectivity index (χ3n) is 2.89. The molecule has 2 aromatic carbocycles. The van der Waals surface area contributed by atoms with Gasteiger partial charge in [0.05, 0.1) is 12.0 Å². The van der Waals surface area contributed by atoms with Crippen LogP contribution in [0.5, 0.6) is 0 Å². The molecule has 0 saturated heterocycles. The highest BCUT2D eigenvalue weighted by Crippen LogP contribution is 2.31. The molecule has 1 atom stereocenters. The molecule has 20 heavy (non-hydrogen) atoms. The predicted molar refractivity (Wildman–Crippen MR) is 79.7 cm³/mol. The quantitative estimate of drug-likeness (QED) is 0.928.